The van der Waals surface area contributed by atoms with Crippen LogP contribution in [0.5, 0.6) is 5.75 Å². The van der Waals surface area contributed by atoms with E-state index in [-0.39, 0.29) is 0 Å². The molecule has 0 spiro atoms. The maximum atomic E-state index is 9.18. The molecule has 0 radical (unpaired) electrons. The topological polar surface area (TPSA) is 45.9 Å². The summed E-state index contributed by atoms with van der Waals surface area (Å²) >= 11 is 0. The van der Waals surface area contributed by atoms with Crippen molar-refractivity contribution in [2.75, 3.05) is 7.11 Å². The van der Waals surface area contributed by atoms with Crippen molar-refractivity contribution < 1.29 is 4.74 Å². The summed E-state index contributed by atoms with van der Waals surface area (Å²) in [5.41, 5.74) is 2.11. The molecular weight excluding hydrogens is 224 g/mol. The number of pyridine rings is 1. The lowest BCUT2D eigenvalue weighted by molar-refractivity contribution is 0.414. The predicted octanol–water partition coefficient (Wildman–Crippen LogP) is 3.15. The van der Waals surface area contributed by atoms with Crippen LogP contribution in [0.2, 0.25) is 0 Å². The molecule has 0 aliphatic carbocycles. The minimum absolute atomic E-state index is 0.531. The Morgan fingerprint density at radius 3 is 2.83 bits per heavy atom. The third kappa shape index (κ3) is 2.74. The molecule has 1 aromatic heterocycles. The third-order valence-electron chi connectivity index (χ3n) is 2.47. The van der Waals surface area contributed by atoms with Crippen molar-refractivity contribution in [3.8, 4) is 11.8 Å². The van der Waals surface area contributed by atoms with Crippen LogP contribution in [0.4, 0.5) is 0 Å². The number of benzene rings is 1. The molecule has 88 valence electrons. The first kappa shape index (κ1) is 11.9. The number of rotatable bonds is 3. The van der Waals surface area contributed by atoms with Crippen LogP contribution < -0.4 is 4.74 Å². The van der Waals surface area contributed by atoms with Crippen molar-refractivity contribution >= 4 is 11.6 Å². The van der Waals surface area contributed by atoms with Crippen molar-refractivity contribution in [2.24, 2.45) is 0 Å². The second-order valence-electron chi connectivity index (χ2n) is 3.66. The molecular formula is C15H12N2O. The summed E-state index contributed by atoms with van der Waals surface area (Å²) in [4.78, 5) is 4.17. The zero-order valence-electron chi connectivity index (χ0n) is 10.00. The average molecular weight is 236 g/mol. The van der Waals surface area contributed by atoms with Crippen molar-refractivity contribution in [1.82, 2.24) is 4.98 Å². The van der Waals surface area contributed by atoms with Gasteiger partial charge in [0.15, 0.2) is 0 Å². The van der Waals surface area contributed by atoms with E-state index in [0.717, 1.165) is 11.3 Å². The fraction of sp³-hybridized carbons (Fsp3) is 0.0667. The molecule has 1 heterocycles. The number of hydrogen-bond donors (Lipinski definition) is 0. The van der Waals surface area contributed by atoms with Crippen LogP contribution >= 0.6 is 0 Å². The Labute approximate surface area is 106 Å². The number of nitriles is 1. The van der Waals surface area contributed by atoms with Gasteiger partial charge < -0.3 is 4.74 Å². The van der Waals surface area contributed by atoms with Gasteiger partial charge >= 0.3 is 0 Å². The molecule has 0 atom stereocenters. The Kier molecular flexibility index (Phi) is 3.72. The van der Waals surface area contributed by atoms with Gasteiger partial charge in [0, 0.05) is 6.20 Å². The molecule has 0 N–H and O–H groups in total. The van der Waals surface area contributed by atoms with E-state index in [1.807, 2.05) is 42.5 Å². The molecule has 0 aliphatic heterocycles. The summed E-state index contributed by atoms with van der Waals surface area (Å²) in [5.74, 6) is 0.766. The van der Waals surface area contributed by atoms with E-state index in [2.05, 4.69) is 11.1 Å². The molecule has 0 fully saturated rings. The maximum Gasteiger partial charge on any atom is 0.119 e. The Morgan fingerprint density at radius 2 is 2.17 bits per heavy atom. The van der Waals surface area contributed by atoms with Crippen molar-refractivity contribution in [1.29, 1.82) is 5.26 Å². The van der Waals surface area contributed by atoms with Crippen LogP contribution in [0.25, 0.3) is 11.6 Å². The summed E-state index contributed by atoms with van der Waals surface area (Å²) in [7, 11) is 1.62. The number of allylic oxidation sites excluding steroid dienone is 1. The number of hydrogen-bond acceptors (Lipinski definition) is 3. The van der Waals surface area contributed by atoms with E-state index in [0.29, 0.717) is 11.3 Å². The fourth-order valence-electron chi connectivity index (χ4n) is 1.58. The first-order valence-electron chi connectivity index (χ1n) is 5.51. The molecule has 0 amide bonds. The van der Waals surface area contributed by atoms with E-state index in [1.165, 1.54) is 0 Å². The van der Waals surface area contributed by atoms with Crippen molar-refractivity contribution in [3.63, 3.8) is 0 Å². The van der Waals surface area contributed by atoms with Crippen molar-refractivity contribution in [2.45, 2.75) is 0 Å². The van der Waals surface area contributed by atoms with Crippen LogP contribution in [-0.4, -0.2) is 12.1 Å². The minimum atomic E-state index is 0.531. The van der Waals surface area contributed by atoms with E-state index in [1.54, 1.807) is 19.4 Å². The second kappa shape index (κ2) is 5.65. The maximum absolute atomic E-state index is 9.18. The quantitative estimate of drug-likeness (QED) is 0.769. The molecule has 2 aromatic rings. The molecule has 2 rings (SSSR count). The average Bonchev–Trinajstić information content (AvgIpc) is 2.46. The Morgan fingerprint density at radius 1 is 1.28 bits per heavy atom. The summed E-state index contributed by atoms with van der Waals surface area (Å²) in [6.07, 6.45) is 3.47. The lowest BCUT2D eigenvalue weighted by atomic mass is 10.1. The van der Waals surface area contributed by atoms with Crippen LogP contribution in [0.1, 0.15) is 11.3 Å². The van der Waals surface area contributed by atoms with Crippen LogP contribution in [0, 0.1) is 11.3 Å². The van der Waals surface area contributed by atoms with Gasteiger partial charge in [-0.1, -0.05) is 18.2 Å². The zero-order chi connectivity index (χ0) is 12.8. The number of aromatic nitrogens is 1. The first-order chi connectivity index (χ1) is 8.83. The van der Waals surface area contributed by atoms with Crippen LogP contribution in [-0.2, 0) is 0 Å². The molecule has 0 saturated heterocycles. The van der Waals surface area contributed by atoms with Gasteiger partial charge in [0.25, 0.3) is 0 Å². The van der Waals surface area contributed by atoms with E-state index < -0.39 is 0 Å². The van der Waals surface area contributed by atoms with Gasteiger partial charge in [0.2, 0.25) is 0 Å². The SMILES string of the molecule is COc1cccc(/C=C(\C#N)c2ccccn2)c1. The fourth-order valence-corrected chi connectivity index (χ4v) is 1.58. The predicted molar refractivity (Wildman–Crippen MR) is 70.7 cm³/mol. The largest absolute Gasteiger partial charge is 0.497 e. The van der Waals surface area contributed by atoms with Gasteiger partial charge in [-0.2, -0.15) is 5.26 Å². The minimum Gasteiger partial charge on any atom is -0.497 e. The lowest BCUT2D eigenvalue weighted by Crippen LogP contribution is -1.87. The molecule has 3 nitrogen and oxygen atoms in total. The Bertz CT molecular complexity index is 597. The summed E-state index contributed by atoms with van der Waals surface area (Å²) in [6.45, 7) is 0. The van der Waals surface area contributed by atoms with Gasteiger partial charge in [0.05, 0.1) is 18.4 Å². The number of methoxy groups -OCH3 is 1. The molecule has 0 unspecified atom stereocenters. The van der Waals surface area contributed by atoms with Gasteiger partial charge in [-0.25, -0.2) is 0 Å². The highest BCUT2D eigenvalue weighted by Gasteiger charge is 2.02. The summed E-state index contributed by atoms with van der Waals surface area (Å²) in [5, 5.41) is 9.18. The molecule has 0 aliphatic rings. The third-order valence-corrected chi connectivity index (χ3v) is 2.47. The van der Waals surface area contributed by atoms with Crippen molar-refractivity contribution in [3.05, 3.63) is 59.9 Å². The molecule has 0 saturated carbocycles. The standard InChI is InChI=1S/C15H12N2O/c1-18-14-6-4-5-12(10-14)9-13(11-16)15-7-2-3-8-17-15/h2-10H,1H3/b13-9+. The van der Waals surface area contributed by atoms with Gasteiger partial charge in [0.1, 0.15) is 11.8 Å². The molecule has 18 heavy (non-hydrogen) atoms. The summed E-state index contributed by atoms with van der Waals surface area (Å²) in [6, 6.07) is 15.2. The number of nitrogens with zero attached hydrogens (tertiary/aromatic N) is 2. The zero-order valence-corrected chi connectivity index (χ0v) is 10.00. The normalized spacial score (nSPS) is 10.8. The molecule has 3 heteroatoms. The lowest BCUT2D eigenvalue weighted by Gasteiger charge is -2.01. The highest BCUT2D eigenvalue weighted by atomic mass is 16.5. The summed E-state index contributed by atoms with van der Waals surface area (Å²) < 4.78 is 5.15. The van der Waals surface area contributed by atoms with Gasteiger partial charge in [-0.05, 0) is 35.9 Å². The van der Waals surface area contributed by atoms with Crippen LogP contribution in [0.15, 0.2) is 48.7 Å². The molecule has 0 bridgehead atoms. The molecule has 1 aromatic carbocycles. The van der Waals surface area contributed by atoms with E-state index >= 15 is 0 Å². The Balaban J connectivity index is 2.39. The number of ether oxygens (including phenoxy) is 1. The highest BCUT2D eigenvalue weighted by Crippen LogP contribution is 2.18. The monoisotopic (exact) mass is 236 g/mol. The second-order valence-corrected chi connectivity index (χ2v) is 3.66. The smallest absolute Gasteiger partial charge is 0.119 e. The van der Waals surface area contributed by atoms with Crippen LogP contribution in [0.3, 0.4) is 0 Å². The van der Waals surface area contributed by atoms with E-state index in [9.17, 15) is 5.26 Å². The van der Waals surface area contributed by atoms with E-state index in [4.69, 9.17) is 4.74 Å². The Hall–Kier alpha value is -2.60. The highest BCUT2D eigenvalue weighted by molar-refractivity contribution is 5.88. The first-order valence-corrected chi connectivity index (χ1v) is 5.51. The van der Waals surface area contributed by atoms with Gasteiger partial charge in [-0.3, -0.25) is 4.98 Å². The van der Waals surface area contributed by atoms with Gasteiger partial charge in [-0.15, -0.1) is 0 Å².